The third-order valence-corrected chi connectivity index (χ3v) is 2.52. The maximum Gasteiger partial charge on any atom is 0.119 e. The molecule has 0 saturated heterocycles. The Hall–Kier alpha value is -0.763. The Morgan fingerprint density at radius 3 is 2.33 bits per heavy atom. The van der Waals surface area contributed by atoms with Gasteiger partial charge in [0.2, 0.25) is 0 Å². The van der Waals surface area contributed by atoms with E-state index in [1.165, 1.54) is 15.8 Å². The molecule has 12 heavy (non-hydrogen) atoms. The van der Waals surface area contributed by atoms with Crippen LogP contribution in [-0.4, -0.2) is 16.8 Å². The van der Waals surface area contributed by atoms with Crippen LogP contribution in [0.25, 0.3) is 0 Å². The molecule has 1 rings (SSSR count). The zero-order valence-corrected chi connectivity index (χ0v) is 10.0. The lowest BCUT2D eigenvalue weighted by atomic mass is 10.1. The molecule has 66 valence electrons. The van der Waals surface area contributed by atoms with E-state index >= 15 is 0 Å². The second-order valence-electron chi connectivity index (χ2n) is 3.16. The van der Waals surface area contributed by atoms with E-state index in [9.17, 15) is 0 Å². The van der Waals surface area contributed by atoms with Gasteiger partial charge in [-0.1, -0.05) is 19.1 Å². The lowest BCUT2D eigenvalue weighted by Gasteiger charge is -2.06. The van der Waals surface area contributed by atoms with E-state index in [0.717, 1.165) is 17.9 Å². The highest BCUT2D eigenvalue weighted by atomic mass is 28.1. The van der Waals surface area contributed by atoms with E-state index in [0.29, 0.717) is 0 Å². The topological polar surface area (TPSA) is 9.23 Å². The Balaban J connectivity index is 2.71. The predicted molar refractivity (Wildman–Crippen MR) is 56.0 cm³/mol. The minimum atomic E-state index is 0.737. The molecule has 0 aromatic heterocycles. The van der Waals surface area contributed by atoms with E-state index < -0.39 is 0 Å². The molecule has 0 N–H and O–H groups in total. The average Bonchev–Trinajstić information content (AvgIpc) is 2.06. The molecular weight excluding hydrogens is 164 g/mol. The molecule has 1 nitrogen and oxygen atoms in total. The van der Waals surface area contributed by atoms with Crippen LogP contribution in [-0.2, 0) is 0 Å². The fourth-order valence-electron chi connectivity index (χ4n) is 1.12. The van der Waals surface area contributed by atoms with Crippen molar-refractivity contribution in [3.05, 3.63) is 29.8 Å². The van der Waals surface area contributed by atoms with Crippen LogP contribution in [0.15, 0.2) is 24.3 Å². The molecule has 0 aliphatic carbocycles. The minimum Gasteiger partial charge on any atom is -0.494 e. The highest BCUT2D eigenvalue weighted by Crippen LogP contribution is 2.16. The van der Waals surface area contributed by atoms with Gasteiger partial charge in [0.05, 0.1) is 6.61 Å². The van der Waals surface area contributed by atoms with Crippen LogP contribution in [0.1, 0.15) is 25.0 Å². The largest absolute Gasteiger partial charge is 0.494 e. The van der Waals surface area contributed by atoms with Crippen LogP contribution in [0.3, 0.4) is 0 Å². The number of benzene rings is 1. The van der Waals surface area contributed by atoms with Crippen LogP contribution in [0.4, 0.5) is 0 Å². The first-order valence-corrected chi connectivity index (χ1v) is 5.62. The summed E-state index contributed by atoms with van der Waals surface area (Å²) in [5.74, 6) is 0.976. The van der Waals surface area contributed by atoms with Crippen LogP contribution in [0.2, 0.25) is 0 Å². The SMILES string of the molecule is CCOc1ccc(C(C)[SiH3])cc1. The quantitative estimate of drug-likeness (QED) is 0.641. The van der Waals surface area contributed by atoms with Crippen molar-refractivity contribution in [2.24, 2.45) is 0 Å². The van der Waals surface area contributed by atoms with Crippen LogP contribution >= 0.6 is 0 Å². The van der Waals surface area contributed by atoms with Crippen LogP contribution < -0.4 is 4.74 Å². The summed E-state index contributed by atoms with van der Waals surface area (Å²) in [7, 11) is 1.22. The number of hydrogen-bond acceptors (Lipinski definition) is 1. The van der Waals surface area contributed by atoms with Crippen LogP contribution in [0, 0.1) is 0 Å². The van der Waals surface area contributed by atoms with Gasteiger partial charge in [0, 0.05) is 10.2 Å². The summed E-state index contributed by atoms with van der Waals surface area (Å²) in [6, 6.07) is 8.41. The van der Waals surface area contributed by atoms with Crippen molar-refractivity contribution in [1.29, 1.82) is 0 Å². The van der Waals surface area contributed by atoms with Crippen molar-refractivity contribution >= 4 is 10.2 Å². The first-order chi connectivity index (χ1) is 5.74. The van der Waals surface area contributed by atoms with Crippen LogP contribution in [0.5, 0.6) is 5.75 Å². The summed E-state index contributed by atoms with van der Waals surface area (Å²) in [4.78, 5) is 0. The molecule has 1 unspecified atom stereocenters. The summed E-state index contributed by atoms with van der Waals surface area (Å²) < 4.78 is 5.35. The van der Waals surface area contributed by atoms with Gasteiger partial charge in [-0.2, -0.15) is 0 Å². The highest BCUT2D eigenvalue weighted by molar-refractivity contribution is 6.12. The maximum atomic E-state index is 5.35. The molecule has 0 heterocycles. The first kappa shape index (κ1) is 9.33. The fraction of sp³-hybridized carbons (Fsp3) is 0.400. The second-order valence-corrected chi connectivity index (χ2v) is 4.89. The minimum absolute atomic E-state index is 0.737. The maximum absolute atomic E-state index is 5.35. The van der Waals surface area contributed by atoms with Crippen molar-refractivity contribution in [2.75, 3.05) is 6.61 Å². The summed E-state index contributed by atoms with van der Waals surface area (Å²) >= 11 is 0. The van der Waals surface area contributed by atoms with Crippen molar-refractivity contribution in [1.82, 2.24) is 0 Å². The van der Waals surface area contributed by atoms with Crippen molar-refractivity contribution < 1.29 is 4.74 Å². The number of hydrogen-bond donors (Lipinski definition) is 0. The molecule has 0 bridgehead atoms. The molecule has 0 amide bonds. The molecule has 1 aromatic rings. The Kier molecular flexibility index (Phi) is 3.35. The van der Waals surface area contributed by atoms with Gasteiger partial charge in [-0.05, 0) is 30.2 Å². The third kappa shape index (κ3) is 2.38. The third-order valence-electron chi connectivity index (χ3n) is 1.86. The zero-order chi connectivity index (χ0) is 8.97. The van der Waals surface area contributed by atoms with E-state index in [1.54, 1.807) is 0 Å². The Morgan fingerprint density at radius 2 is 1.92 bits per heavy atom. The standard InChI is InChI=1S/C10H16OSi/c1-3-11-10-6-4-9(5-7-10)8(2)12/h4-8H,3H2,1-2,12H3. The summed E-state index contributed by atoms with van der Waals surface area (Å²) in [5.41, 5.74) is 2.16. The van der Waals surface area contributed by atoms with Gasteiger partial charge in [0.1, 0.15) is 5.75 Å². The van der Waals surface area contributed by atoms with Gasteiger partial charge in [-0.15, -0.1) is 0 Å². The highest BCUT2D eigenvalue weighted by Gasteiger charge is 1.98. The Bertz CT molecular complexity index is 228. The Morgan fingerprint density at radius 1 is 1.33 bits per heavy atom. The van der Waals surface area contributed by atoms with Gasteiger partial charge in [0.25, 0.3) is 0 Å². The van der Waals surface area contributed by atoms with E-state index in [1.807, 2.05) is 19.1 Å². The summed E-state index contributed by atoms with van der Waals surface area (Å²) in [5, 5.41) is 0. The molecule has 0 radical (unpaired) electrons. The smallest absolute Gasteiger partial charge is 0.119 e. The molecule has 1 aromatic carbocycles. The van der Waals surface area contributed by atoms with E-state index in [2.05, 4.69) is 19.1 Å². The molecule has 0 aliphatic rings. The van der Waals surface area contributed by atoms with Crippen molar-refractivity contribution in [3.8, 4) is 5.75 Å². The first-order valence-electron chi connectivity index (χ1n) is 4.46. The van der Waals surface area contributed by atoms with Gasteiger partial charge >= 0.3 is 0 Å². The molecule has 1 atom stereocenters. The molecule has 0 aliphatic heterocycles. The van der Waals surface area contributed by atoms with Crippen molar-refractivity contribution in [3.63, 3.8) is 0 Å². The van der Waals surface area contributed by atoms with Crippen molar-refractivity contribution in [2.45, 2.75) is 19.4 Å². The molecule has 0 spiro atoms. The Labute approximate surface area is 77.2 Å². The molecule has 0 fully saturated rings. The fourth-order valence-corrected chi connectivity index (χ4v) is 1.50. The molecule has 2 heteroatoms. The second kappa shape index (κ2) is 4.31. The lowest BCUT2D eigenvalue weighted by molar-refractivity contribution is 0.340. The van der Waals surface area contributed by atoms with Gasteiger partial charge < -0.3 is 4.74 Å². The number of ether oxygens (including phenoxy) is 1. The van der Waals surface area contributed by atoms with E-state index in [-0.39, 0.29) is 0 Å². The average molecular weight is 180 g/mol. The van der Waals surface area contributed by atoms with Gasteiger partial charge in [0.15, 0.2) is 0 Å². The number of rotatable bonds is 3. The van der Waals surface area contributed by atoms with E-state index in [4.69, 9.17) is 4.74 Å². The normalized spacial score (nSPS) is 12.8. The monoisotopic (exact) mass is 180 g/mol. The zero-order valence-electron chi connectivity index (χ0n) is 8.00. The molecular formula is C10H16OSi. The summed E-state index contributed by atoms with van der Waals surface area (Å²) in [6.07, 6.45) is 0. The predicted octanol–water partition coefficient (Wildman–Crippen LogP) is 1.51. The van der Waals surface area contributed by atoms with Gasteiger partial charge in [-0.3, -0.25) is 0 Å². The lowest BCUT2D eigenvalue weighted by Crippen LogP contribution is -1.94. The van der Waals surface area contributed by atoms with Gasteiger partial charge in [-0.25, -0.2) is 0 Å². The summed E-state index contributed by atoms with van der Waals surface area (Å²) in [6.45, 7) is 5.00. The molecule has 0 saturated carbocycles.